The zero-order chi connectivity index (χ0) is 17.4. The highest BCUT2D eigenvalue weighted by atomic mass is 35.5. The number of amides is 1. The normalized spacial score (nSPS) is 16.5. The van der Waals surface area contributed by atoms with Crippen LogP contribution in [0.1, 0.15) is 40.4 Å². The van der Waals surface area contributed by atoms with E-state index >= 15 is 0 Å². The SMILES string of the molecule is CCC1CN(C(=O)c2cccc(C)c2Cl)c2cc(C)c(C)cc2N1. The van der Waals surface area contributed by atoms with Gasteiger partial charge in [-0.15, -0.1) is 0 Å². The molecule has 3 rings (SSSR count). The number of fused-ring (bicyclic) bond motifs is 1. The fraction of sp³-hybridized carbons (Fsp3) is 0.350. The lowest BCUT2D eigenvalue weighted by Crippen LogP contribution is -2.44. The summed E-state index contributed by atoms with van der Waals surface area (Å²) >= 11 is 6.40. The van der Waals surface area contributed by atoms with Crippen molar-refractivity contribution in [3.8, 4) is 0 Å². The number of halogens is 1. The van der Waals surface area contributed by atoms with Crippen LogP contribution in [-0.4, -0.2) is 18.5 Å². The topological polar surface area (TPSA) is 32.3 Å². The van der Waals surface area contributed by atoms with Gasteiger partial charge in [-0.25, -0.2) is 0 Å². The van der Waals surface area contributed by atoms with E-state index in [1.165, 1.54) is 11.1 Å². The van der Waals surface area contributed by atoms with Crippen molar-refractivity contribution >= 4 is 28.9 Å². The first kappa shape index (κ1) is 16.8. The van der Waals surface area contributed by atoms with Crippen LogP contribution in [0.5, 0.6) is 0 Å². The molecule has 1 aliphatic rings. The second-order valence-corrected chi connectivity index (χ2v) is 6.93. The van der Waals surface area contributed by atoms with Gasteiger partial charge in [0, 0.05) is 12.6 Å². The molecule has 4 heteroatoms. The highest BCUT2D eigenvalue weighted by Gasteiger charge is 2.29. The van der Waals surface area contributed by atoms with Crippen molar-refractivity contribution in [1.82, 2.24) is 0 Å². The summed E-state index contributed by atoms with van der Waals surface area (Å²) in [6.07, 6.45) is 0.956. The van der Waals surface area contributed by atoms with Gasteiger partial charge in [-0.05, 0) is 62.1 Å². The van der Waals surface area contributed by atoms with Crippen molar-refractivity contribution in [3.63, 3.8) is 0 Å². The molecule has 0 fully saturated rings. The van der Waals surface area contributed by atoms with E-state index in [0.29, 0.717) is 17.1 Å². The van der Waals surface area contributed by atoms with Gasteiger partial charge in [0.25, 0.3) is 5.91 Å². The average Bonchev–Trinajstić information content (AvgIpc) is 2.57. The van der Waals surface area contributed by atoms with E-state index in [-0.39, 0.29) is 11.9 Å². The minimum atomic E-state index is -0.0341. The zero-order valence-corrected chi connectivity index (χ0v) is 15.4. The first-order valence-corrected chi connectivity index (χ1v) is 8.75. The van der Waals surface area contributed by atoms with Crippen LogP contribution in [0.25, 0.3) is 0 Å². The van der Waals surface area contributed by atoms with E-state index in [1.54, 1.807) is 6.07 Å². The van der Waals surface area contributed by atoms with Crippen molar-refractivity contribution < 1.29 is 4.79 Å². The zero-order valence-electron chi connectivity index (χ0n) is 14.6. The molecule has 1 aliphatic heterocycles. The third-order valence-corrected chi connectivity index (χ3v) is 5.33. The largest absolute Gasteiger partial charge is 0.379 e. The number of nitrogens with one attached hydrogen (secondary N) is 1. The summed E-state index contributed by atoms with van der Waals surface area (Å²) < 4.78 is 0. The van der Waals surface area contributed by atoms with E-state index in [9.17, 15) is 4.79 Å². The molecule has 0 saturated carbocycles. The van der Waals surface area contributed by atoms with E-state index in [1.807, 2.05) is 24.0 Å². The van der Waals surface area contributed by atoms with Crippen molar-refractivity contribution in [1.29, 1.82) is 0 Å². The van der Waals surface area contributed by atoms with Gasteiger partial charge in [0.05, 0.1) is 22.0 Å². The van der Waals surface area contributed by atoms with Crippen LogP contribution in [-0.2, 0) is 0 Å². The highest BCUT2D eigenvalue weighted by molar-refractivity contribution is 6.35. The van der Waals surface area contributed by atoms with Crippen LogP contribution in [0, 0.1) is 20.8 Å². The molecule has 0 aromatic heterocycles. The minimum Gasteiger partial charge on any atom is -0.379 e. The smallest absolute Gasteiger partial charge is 0.259 e. The second kappa shape index (κ2) is 6.48. The maximum Gasteiger partial charge on any atom is 0.259 e. The summed E-state index contributed by atoms with van der Waals surface area (Å²) in [6.45, 7) is 8.87. The molecular weight excluding hydrogens is 320 g/mol. The van der Waals surface area contributed by atoms with E-state index in [0.717, 1.165) is 23.4 Å². The third-order valence-electron chi connectivity index (χ3n) is 4.83. The van der Waals surface area contributed by atoms with Crippen molar-refractivity contribution in [3.05, 3.63) is 57.6 Å². The van der Waals surface area contributed by atoms with E-state index < -0.39 is 0 Å². The van der Waals surface area contributed by atoms with Gasteiger partial charge in [0.15, 0.2) is 0 Å². The Kier molecular flexibility index (Phi) is 4.55. The van der Waals surface area contributed by atoms with Gasteiger partial charge >= 0.3 is 0 Å². The molecule has 1 atom stereocenters. The predicted molar refractivity (Wildman–Crippen MR) is 101 cm³/mol. The number of carbonyl (C=O) groups is 1. The Morgan fingerprint density at radius 1 is 1.21 bits per heavy atom. The third kappa shape index (κ3) is 2.89. The molecule has 1 heterocycles. The molecule has 1 amide bonds. The molecule has 1 unspecified atom stereocenters. The summed E-state index contributed by atoms with van der Waals surface area (Å²) in [5, 5.41) is 4.09. The van der Waals surface area contributed by atoms with Crippen LogP contribution in [0.3, 0.4) is 0 Å². The number of rotatable bonds is 2. The van der Waals surface area contributed by atoms with Gasteiger partial charge in [0.1, 0.15) is 0 Å². The molecule has 0 radical (unpaired) electrons. The Hall–Kier alpha value is -2.00. The van der Waals surface area contributed by atoms with Gasteiger partial charge in [0.2, 0.25) is 0 Å². The second-order valence-electron chi connectivity index (χ2n) is 6.56. The molecule has 0 bridgehead atoms. The molecule has 3 nitrogen and oxygen atoms in total. The molecule has 2 aromatic carbocycles. The Bertz CT molecular complexity index is 800. The number of nitrogens with zero attached hydrogens (tertiary/aromatic N) is 1. The van der Waals surface area contributed by atoms with Crippen molar-refractivity contribution in [2.75, 3.05) is 16.8 Å². The van der Waals surface area contributed by atoms with Crippen LogP contribution in [0.2, 0.25) is 5.02 Å². The summed E-state index contributed by atoms with van der Waals surface area (Å²) in [6, 6.07) is 10.1. The molecule has 24 heavy (non-hydrogen) atoms. The van der Waals surface area contributed by atoms with E-state index in [2.05, 4.69) is 38.2 Å². The number of aryl methyl sites for hydroxylation is 3. The Morgan fingerprint density at radius 3 is 2.62 bits per heavy atom. The molecule has 0 aliphatic carbocycles. The fourth-order valence-electron chi connectivity index (χ4n) is 3.11. The van der Waals surface area contributed by atoms with Crippen molar-refractivity contribution in [2.45, 2.75) is 40.2 Å². The van der Waals surface area contributed by atoms with Crippen LogP contribution in [0.4, 0.5) is 11.4 Å². The predicted octanol–water partition coefficient (Wildman–Crippen LogP) is 5.12. The summed E-state index contributed by atoms with van der Waals surface area (Å²) in [7, 11) is 0. The number of carbonyl (C=O) groups excluding carboxylic acids is 1. The van der Waals surface area contributed by atoms with Gasteiger partial charge in [-0.1, -0.05) is 30.7 Å². The first-order valence-electron chi connectivity index (χ1n) is 8.37. The Balaban J connectivity index is 2.09. The first-order chi connectivity index (χ1) is 11.4. The maximum atomic E-state index is 13.2. The monoisotopic (exact) mass is 342 g/mol. The lowest BCUT2D eigenvalue weighted by molar-refractivity contribution is 0.0985. The molecular formula is C20H23ClN2O. The molecule has 2 aromatic rings. The number of hydrogen-bond donors (Lipinski definition) is 1. The number of benzene rings is 2. The lowest BCUT2D eigenvalue weighted by atomic mass is 10.0. The summed E-state index contributed by atoms with van der Waals surface area (Å²) in [5.74, 6) is -0.0341. The highest BCUT2D eigenvalue weighted by Crippen LogP contribution is 2.36. The molecule has 0 saturated heterocycles. The quantitative estimate of drug-likeness (QED) is 0.821. The van der Waals surface area contributed by atoms with Crippen LogP contribution in [0.15, 0.2) is 30.3 Å². The minimum absolute atomic E-state index is 0.0341. The van der Waals surface area contributed by atoms with Crippen molar-refractivity contribution in [2.24, 2.45) is 0 Å². The van der Waals surface area contributed by atoms with Gasteiger partial charge in [-0.2, -0.15) is 0 Å². The van der Waals surface area contributed by atoms with Crippen LogP contribution < -0.4 is 10.2 Å². The number of hydrogen-bond acceptors (Lipinski definition) is 2. The maximum absolute atomic E-state index is 13.2. The lowest BCUT2D eigenvalue weighted by Gasteiger charge is -2.36. The fourth-order valence-corrected chi connectivity index (χ4v) is 3.31. The Morgan fingerprint density at radius 2 is 1.92 bits per heavy atom. The van der Waals surface area contributed by atoms with E-state index in [4.69, 9.17) is 11.6 Å². The molecule has 1 N–H and O–H groups in total. The summed E-state index contributed by atoms with van der Waals surface area (Å²) in [5.41, 5.74) is 5.85. The summed E-state index contributed by atoms with van der Waals surface area (Å²) in [4.78, 5) is 15.1. The van der Waals surface area contributed by atoms with Gasteiger partial charge < -0.3 is 10.2 Å². The Labute approximate surface area is 148 Å². The van der Waals surface area contributed by atoms with Crippen LogP contribution >= 0.6 is 11.6 Å². The van der Waals surface area contributed by atoms with Gasteiger partial charge in [-0.3, -0.25) is 4.79 Å². The average molecular weight is 343 g/mol. The molecule has 126 valence electrons. The number of anilines is 2. The molecule has 0 spiro atoms. The standard InChI is InChI=1S/C20H23ClN2O/c1-5-15-11-23(18-10-14(4)13(3)9-17(18)22-15)20(24)16-8-6-7-12(2)19(16)21/h6-10,15,22H,5,11H2,1-4H3.